The van der Waals surface area contributed by atoms with E-state index >= 15 is 0 Å². The molecular weight excluding hydrogens is 219 g/mol. The smallest absolute Gasteiger partial charge is 0.379 e. The minimum Gasteiger partial charge on any atom is -0.379 e. The Labute approximate surface area is 90.9 Å². The zero-order valence-corrected chi connectivity index (χ0v) is 8.46. The molecule has 5 heteroatoms. The largest absolute Gasteiger partial charge is 0.418 e. The highest BCUT2D eigenvalue weighted by molar-refractivity contribution is 5.39. The number of aliphatic hydroxyl groups is 1. The Bertz CT molecular complexity index is 398. The van der Waals surface area contributed by atoms with Gasteiger partial charge in [-0.3, -0.25) is 0 Å². The lowest BCUT2D eigenvalue weighted by Crippen LogP contribution is -2.26. The van der Waals surface area contributed by atoms with Crippen LogP contribution >= 0.6 is 0 Å². The topological polar surface area (TPSA) is 46.2 Å². The van der Waals surface area contributed by atoms with Crippen molar-refractivity contribution in [2.75, 3.05) is 0 Å². The van der Waals surface area contributed by atoms with Gasteiger partial charge < -0.3 is 10.8 Å². The first kappa shape index (κ1) is 11.4. The van der Waals surface area contributed by atoms with Crippen LogP contribution in [0.15, 0.2) is 24.3 Å². The van der Waals surface area contributed by atoms with Crippen LogP contribution < -0.4 is 5.73 Å². The Kier molecular flexibility index (Phi) is 2.47. The van der Waals surface area contributed by atoms with Gasteiger partial charge in [0.1, 0.15) is 0 Å². The maximum atomic E-state index is 12.4. The summed E-state index contributed by atoms with van der Waals surface area (Å²) in [4.78, 5) is 0. The Balaban J connectivity index is 2.41. The quantitative estimate of drug-likeness (QED) is 0.819. The third-order valence-electron chi connectivity index (χ3n) is 2.89. The number of halogens is 3. The van der Waals surface area contributed by atoms with E-state index in [1.807, 2.05) is 0 Å². The van der Waals surface area contributed by atoms with Gasteiger partial charge in [-0.15, -0.1) is 0 Å². The first-order valence-electron chi connectivity index (χ1n) is 4.98. The van der Waals surface area contributed by atoms with Crippen molar-refractivity contribution in [3.8, 4) is 0 Å². The van der Waals surface area contributed by atoms with Crippen molar-refractivity contribution in [3.63, 3.8) is 0 Å². The molecule has 1 aliphatic rings. The van der Waals surface area contributed by atoms with Gasteiger partial charge in [0.25, 0.3) is 0 Å². The zero-order chi connectivity index (χ0) is 12.0. The number of rotatable bonds is 2. The third kappa shape index (κ3) is 1.92. The van der Waals surface area contributed by atoms with Gasteiger partial charge in [0.2, 0.25) is 0 Å². The summed E-state index contributed by atoms with van der Waals surface area (Å²) < 4.78 is 37.3. The maximum absolute atomic E-state index is 12.4. The molecule has 0 aliphatic heterocycles. The number of benzene rings is 1. The van der Waals surface area contributed by atoms with E-state index in [0.717, 1.165) is 0 Å². The van der Waals surface area contributed by atoms with Crippen molar-refractivity contribution in [1.82, 2.24) is 0 Å². The predicted molar refractivity (Wildman–Crippen MR) is 52.6 cm³/mol. The second-order valence-electron chi connectivity index (χ2n) is 4.19. The third-order valence-corrected chi connectivity index (χ3v) is 2.89. The van der Waals surface area contributed by atoms with Gasteiger partial charge in [0.15, 0.2) is 6.10 Å². The van der Waals surface area contributed by atoms with E-state index in [9.17, 15) is 18.3 Å². The van der Waals surface area contributed by atoms with Crippen LogP contribution in [-0.4, -0.2) is 11.3 Å². The summed E-state index contributed by atoms with van der Waals surface area (Å²) >= 11 is 0. The fourth-order valence-electron chi connectivity index (χ4n) is 1.77. The van der Waals surface area contributed by atoms with E-state index in [1.54, 1.807) is 12.1 Å². The number of aliphatic hydroxyl groups excluding tert-OH is 1. The Morgan fingerprint density at radius 1 is 1.25 bits per heavy atom. The summed E-state index contributed by atoms with van der Waals surface area (Å²) in [7, 11) is 0. The van der Waals surface area contributed by atoms with Crippen molar-refractivity contribution in [2.45, 2.75) is 30.7 Å². The molecule has 1 atom stereocenters. The van der Waals surface area contributed by atoms with Gasteiger partial charge in [-0.05, 0) is 24.0 Å². The minimum atomic E-state index is -4.65. The second-order valence-corrected chi connectivity index (χ2v) is 4.19. The molecule has 1 unspecified atom stereocenters. The second kappa shape index (κ2) is 3.46. The highest BCUT2D eigenvalue weighted by Gasteiger charge is 2.46. The molecule has 0 spiro atoms. The van der Waals surface area contributed by atoms with E-state index in [2.05, 4.69) is 0 Å². The van der Waals surface area contributed by atoms with Crippen LogP contribution in [0.3, 0.4) is 0 Å². The highest BCUT2D eigenvalue weighted by atomic mass is 19.4. The van der Waals surface area contributed by atoms with Crippen LogP contribution in [0.4, 0.5) is 13.2 Å². The number of nitrogens with two attached hydrogens (primary N) is 1. The molecule has 2 rings (SSSR count). The zero-order valence-electron chi connectivity index (χ0n) is 8.46. The first-order valence-corrected chi connectivity index (χ1v) is 4.98. The Morgan fingerprint density at radius 3 is 2.31 bits per heavy atom. The van der Waals surface area contributed by atoms with Crippen LogP contribution in [0, 0.1) is 0 Å². The monoisotopic (exact) mass is 231 g/mol. The normalized spacial score (nSPS) is 20.6. The SMILES string of the molecule is NC1(c2ccccc2C(O)C(F)(F)F)CC1. The molecule has 0 heterocycles. The molecular formula is C11H12F3NO. The fraction of sp³-hybridized carbons (Fsp3) is 0.455. The maximum Gasteiger partial charge on any atom is 0.418 e. The molecule has 16 heavy (non-hydrogen) atoms. The summed E-state index contributed by atoms with van der Waals surface area (Å²) in [6.45, 7) is 0. The molecule has 0 bridgehead atoms. The van der Waals surface area contributed by atoms with Gasteiger partial charge in [-0.2, -0.15) is 13.2 Å². The number of hydrogen-bond acceptors (Lipinski definition) is 2. The van der Waals surface area contributed by atoms with E-state index in [0.29, 0.717) is 18.4 Å². The highest BCUT2D eigenvalue weighted by Crippen LogP contribution is 2.47. The molecule has 1 aliphatic carbocycles. The molecule has 1 aromatic carbocycles. The minimum absolute atomic E-state index is 0.130. The van der Waals surface area contributed by atoms with Gasteiger partial charge >= 0.3 is 6.18 Å². The van der Waals surface area contributed by atoms with Crippen LogP contribution in [0.25, 0.3) is 0 Å². The average molecular weight is 231 g/mol. The van der Waals surface area contributed by atoms with Gasteiger partial charge in [0, 0.05) is 5.54 Å². The van der Waals surface area contributed by atoms with Crippen molar-refractivity contribution in [1.29, 1.82) is 0 Å². The molecule has 1 aromatic rings. The van der Waals surface area contributed by atoms with Crippen molar-refractivity contribution >= 4 is 0 Å². The van der Waals surface area contributed by atoms with E-state index in [1.165, 1.54) is 12.1 Å². The summed E-state index contributed by atoms with van der Waals surface area (Å²) in [6.07, 6.45) is -5.78. The predicted octanol–water partition coefficient (Wildman–Crippen LogP) is 2.23. The van der Waals surface area contributed by atoms with E-state index < -0.39 is 17.8 Å². The molecule has 0 aromatic heterocycles. The number of alkyl halides is 3. The molecule has 3 N–H and O–H groups in total. The van der Waals surface area contributed by atoms with Gasteiger partial charge in [-0.1, -0.05) is 24.3 Å². The molecule has 0 amide bonds. The molecule has 0 radical (unpaired) electrons. The average Bonchev–Trinajstić information content (AvgIpc) is 2.95. The van der Waals surface area contributed by atoms with Crippen molar-refractivity contribution < 1.29 is 18.3 Å². The standard InChI is InChI=1S/C11H12F3NO/c12-11(13,14)9(16)7-3-1-2-4-8(7)10(15)5-6-10/h1-4,9,16H,5-6,15H2. The summed E-state index contributed by atoms with van der Waals surface area (Å²) in [5, 5.41) is 9.25. The van der Waals surface area contributed by atoms with Gasteiger partial charge in [-0.25, -0.2) is 0 Å². The molecule has 88 valence electrons. The van der Waals surface area contributed by atoms with Crippen molar-refractivity contribution in [2.24, 2.45) is 5.73 Å². The molecule has 2 nitrogen and oxygen atoms in total. The lowest BCUT2D eigenvalue weighted by molar-refractivity contribution is -0.207. The van der Waals surface area contributed by atoms with Crippen LogP contribution in [0.5, 0.6) is 0 Å². The first-order chi connectivity index (χ1) is 7.34. The van der Waals surface area contributed by atoms with Crippen LogP contribution in [0.1, 0.15) is 30.1 Å². The lowest BCUT2D eigenvalue weighted by Gasteiger charge is -2.21. The Morgan fingerprint density at radius 2 is 1.81 bits per heavy atom. The van der Waals surface area contributed by atoms with Gasteiger partial charge in [0.05, 0.1) is 0 Å². The summed E-state index contributed by atoms with van der Waals surface area (Å²) in [5.41, 5.74) is 5.47. The summed E-state index contributed by atoms with van der Waals surface area (Å²) in [5.74, 6) is 0. The van der Waals surface area contributed by atoms with Crippen molar-refractivity contribution in [3.05, 3.63) is 35.4 Å². The van der Waals surface area contributed by atoms with Crippen LogP contribution in [0.2, 0.25) is 0 Å². The van der Waals surface area contributed by atoms with E-state index in [4.69, 9.17) is 5.73 Å². The number of hydrogen-bond donors (Lipinski definition) is 2. The molecule has 1 saturated carbocycles. The van der Waals surface area contributed by atoms with Crippen LogP contribution in [-0.2, 0) is 5.54 Å². The molecule has 1 fully saturated rings. The molecule has 0 saturated heterocycles. The Hall–Kier alpha value is -1.07. The lowest BCUT2D eigenvalue weighted by atomic mass is 9.95. The van der Waals surface area contributed by atoms with E-state index in [-0.39, 0.29) is 5.56 Å². The fourth-order valence-corrected chi connectivity index (χ4v) is 1.77. The summed E-state index contributed by atoms with van der Waals surface area (Å²) in [6, 6.07) is 5.94.